The number of nitrogens with two attached hydrogens (primary N) is 1. The summed E-state index contributed by atoms with van der Waals surface area (Å²) in [5.74, 6) is -0.349. The van der Waals surface area contributed by atoms with Crippen molar-refractivity contribution in [2.45, 2.75) is 38.0 Å². The van der Waals surface area contributed by atoms with E-state index in [-0.39, 0.29) is 17.3 Å². The maximum absolute atomic E-state index is 13.2. The Morgan fingerprint density at radius 3 is 2.35 bits per heavy atom. The van der Waals surface area contributed by atoms with Crippen LogP contribution in [0.5, 0.6) is 0 Å². The van der Waals surface area contributed by atoms with Crippen molar-refractivity contribution < 1.29 is 12.8 Å². The van der Waals surface area contributed by atoms with Gasteiger partial charge in [-0.2, -0.15) is 0 Å². The molecule has 0 saturated carbocycles. The second-order valence-corrected chi connectivity index (χ2v) is 6.45. The van der Waals surface area contributed by atoms with Gasteiger partial charge < -0.3 is 5.73 Å². The van der Waals surface area contributed by atoms with Crippen molar-refractivity contribution in [2.75, 3.05) is 6.54 Å². The van der Waals surface area contributed by atoms with E-state index >= 15 is 0 Å². The summed E-state index contributed by atoms with van der Waals surface area (Å²) in [6, 6.07) is 2.41. The number of amidine groups is 1. The number of halogens is 1. The quantitative estimate of drug-likeness (QED) is 0.407. The maximum atomic E-state index is 13.2. The number of rotatable bonds is 7. The SMILES string of the molecule is Cc1cc(F)cc(C)c1S(=O)(=O)NCCCCC(=N)N. The Balaban J connectivity index is 2.73. The molecule has 0 aromatic heterocycles. The first-order valence-electron chi connectivity index (χ1n) is 6.33. The van der Waals surface area contributed by atoms with Crippen LogP contribution < -0.4 is 10.5 Å². The second kappa shape index (κ2) is 6.81. The van der Waals surface area contributed by atoms with E-state index in [2.05, 4.69) is 4.72 Å². The monoisotopic (exact) mass is 301 g/mol. The predicted molar refractivity (Wildman–Crippen MR) is 76.8 cm³/mol. The molecule has 20 heavy (non-hydrogen) atoms. The second-order valence-electron chi connectivity index (χ2n) is 4.75. The van der Waals surface area contributed by atoms with Crippen molar-refractivity contribution >= 4 is 15.9 Å². The lowest BCUT2D eigenvalue weighted by molar-refractivity contribution is 0.575. The first-order chi connectivity index (χ1) is 9.24. The summed E-state index contributed by atoms with van der Waals surface area (Å²) < 4.78 is 40.0. The highest BCUT2D eigenvalue weighted by atomic mass is 32.2. The van der Waals surface area contributed by atoms with E-state index in [9.17, 15) is 12.8 Å². The molecular weight excluding hydrogens is 281 g/mol. The molecule has 0 amide bonds. The van der Waals surface area contributed by atoms with E-state index in [4.69, 9.17) is 11.1 Å². The fraction of sp³-hybridized carbons (Fsp3) is 0.462. The van der Waals surface area contributed by atoms with Gasteiger partial charge in [0.2, 0.25) is 10.0 Å². The van der Waals surface area contributed by atoms with Gasteiger partial charge in [0.15, 0.2) is 0 Å². The zero-order valence-corrected chi connectivity index (χ0v) is 12.5. The van der Waals surface area contributed by atoms with Crippen LogP contribution in [0.1, 0.15) is 30.4 Å². The van der Waals surface area contributed by atoms with Crippen molar-refractivity contribution in [3.8, 4) is 0 Å². The largest absolute Gasteiger partial charge is 0.388 e. The van der Waals surface area contributed by atoms with Crippen LogP contribution in [0.15, 0.2) is 17.0 Å². The standard InChI is InChI=1S/C13H20FN3O2S/c1-9-7-11(14)8-10(2)13(9)20(18,19)17-6-4-3-5-12(15)16/h7-8,17H,3-6H2,1-2H3,(H3,15,16). The number of aryl methyl sites for hydroxylation is 2. The van der Waals surface area contributed by atoms with Gasteiger partial charge in [0.25, 0.3) is 0 Å². The van der Waals surface area contributed by atoms with E-state index in [1.807, 2.05) is 0 Å². The highest BCUT2D eigenvalue weighted by molar-refractivity contribution is 7.89. The number of benzene rings is 1. The van der Waals surface area contributed by atoms with Crippen LogP contribution in [0.3, 0.4) is 0 Å². The summed E-state index contributed by atoms with van der Waals surface area (Å²) in [6.45, 7) is 3.41. The molecular formula is C13H20FN3O2S. The maximum Gasteiger partial charge on any atom is 0.241 e. The Bertz CT molecular complexity index is 577. The molecule has 7 heteroatoms. The molecule has 0 aliphatic heterocycles. The normalized spacial score (nSPS) is 11.6. The van der Waals surface area contributed by atoms with Crippen LogP contribution in [0.4, 0.5) is 4.39 Å². The number of nitrogens with one attached hydrogen (secondary N) is 2. The first kappa shape index (κ1) is 16.6. The summed E-state index contributed by atoms with van der Waals surface area (Å²) in [6.07, 6.45) is 1.70. The van der Waals surface area contributed by atoms with E-state index in [0.29, 0.717) is 30.4 Å². The van der Waals surface area contributed by atoms with Crippen LogP contribution in [-0.4, -0.2) is 20.8 Å². The lowest BCUT2D eigenvalue weighted by Crippen LogP contribution is -2.26. The molecule has 0 aliphatic carbocycles. The molecule has 1 aromatic carbocycles. The van der Waals surface area contributed by atoms with E-state index in [0.717, 1.165) is 0 Å². The highest BCUT2D eigenvalue weighted by Crippen LogP contribution is 2.21. The minimum atomic E-state index is -3.64. The van der Waals surface area contributed by atoms with Gasteiger partial charge >= 0.3 is 0 Å². The topological polar surface area (TPSA) is 96.0 Å². The average molecular weight is 301 g/mol. The molecule has 0 heterocycles. The van der Waals surface area contributed by atoms with Crippen LogP contribution in [0.25, 0.3) is 0 Å². The summed E-state index contributed by atoms with van der Waals surface area (Å²) >= 11 is 0. The van der Waals surface area contributed by atoms with E-state index in [1.54, 1.807) is 13.8 Å². The molecule has 5 nitrogen and oxygen atoms in total. The van der Waals surface area contributed by atoms with Gasteiger partial charge in [0, 0.05) is 13.0 Å². The predicted octanol–water partition coefficient (Wildman–Crippen LogP) is 1.83. The van der Waals surface area contributed by atoms with Crippen LogP contribution in [0, 0.1) is 25.1 Å². The van der Waals surface area contributed by atoms with Gasteiger partial charge in [-0.3, -0.25) is 5.41 Å². The average Bonchev–Trinajstić information content (AvgIpc) is 2.25. The molecule has 0 radical (unpaired) electrons. The zero-order chi connectivity index (χ0) is 15.3. The van der Waals surface area contributed by atoms with E-state index in [1.165, 1.54) is 12.1 Å². The minimum Gasteiger partial charge on any atom is -0.388 e. The molecule has 0 saturated heterocycles. The third-order valence-electron chi connectivity index (χ3n) is 2.86. The summed E-state index contributed by atoms with van der Waals surface area (Å²) in [4.78, 5) is 0.130. The minimum absolute atomic E-state index is 0.0954. The molecule has 0 fully saturated rings. The summed E-state index contributed by atoms with van der Waals surface area (Å²) in [7, 11) is -3.64. The Hall–Kier alpha value is -1.47. The number of hydrogen-bond donors (Lipinski definition) is 3. The third-order valence-corrected chi connectivity index (χ3v) is 4.62. The van der Waals surface area contributed by atoms with Crippen LogP contribution in [0.2, 0.25) is 0 Å². The van der Waals surface area contributed by atoms with Gasteiger partial charge in [-0.05, 0) is 49.9 Å². The molecule has 0 atom stereocenters. The van der Waals surface area contributed by atoms with Gasteiger partial charge in [0.05, 0.1) is 10.7 Å². The molecule has 1 aromatic rings. The van der Waals surface area contributed by atoms with Crippen molar-refractivity contribution in [1.29, 1.82) is 5.41 Å². The van der Waals surface area contributed by atoms with Crippen molar-refractivity contribution in [2.24, 2.45) is 5.73 Å². The number of sulfonamides is 1. The van der Waals surface area contributed by atoms with Gasteiger partial charge in [-0.1, -0.05) is 0 Å². The van der Waals surface area contributed by atoms with Gasteiger partial charge in [-0.15, -0.1) is 0 Å². The molecule has 1 rings (SSSR count). The van der Waals surface area contributed by atoms with E-state index < -0.39 is 15.8 Å². The summed E-state index contributed by atoms with van der Waals surface area (Å²) in [5, 5.41) is 7.07. The van der Waals surface area contributed by atoms with Crippen LogP contribution >= 0.6 is 0 Å². The Labute approximate surface area is 118 Å². The van der Waals surface area contributed by atoms with Crippen molar-refractivity contribution in [3.63, 3.8) is 0 Å². The Morgan fingerprint density at radius 2 is 1.85 bits per heavy atom. The lowest BCUT2D eigenvalue weighted by Gasteiger charge is -2.12. The van der Waals surface area contributed by atoms with Crippen LogP contribution in [-0.2, 0) is 10.0 Å². The van der Waals surface area contributed by atoms with Gasteiger partial charge in [0.1, 0.15) is 5.82 Å². The van der Waals surface area contributed by atoms with Crippen molar-refractivity contribution in [1.82, 2.24) is 4.72 Å². The third kappa shape index (κ3) is 4.57. The fourth-order valence-corrected chi connectivity index (χ4v) is 3.56. The molecule has 0 unspecified atom stereocenters. The first-order valence-corrected chi connectivity index (χ1v) is 7.81. The molecule has 112 valence electrons. The number of hydrogen-bond acceptors (Lipinski definition) is 3. The molecule has 4 N–H and O–H groups in total. The fourth-order valence-electron chi connectivity index (χ4n) is 2.04. The Morgan fingerprint density at radius 1 is 1.30 bits per heavy atom. The summed E-state index contributed by atoms with van der Waals surface area (Å²) in [5.41, 5.74) is 5.99. The highest BCUT2D eigenvalue weighted by Gasteiger charge is 2.19. The zero-order valence-electron chi connectivity index (χ0n) is 11.7. The smallest absolute Gasteiger partial charge is 0.241 e. The Kier molecular flexibility index (Phi) is 5.64. The molecule has 0 bridgehead atoms. The molecule has 0 aliphatic rings. The molecule has 0 spiro atoms. The van der Waals surface area contributed by atoms with Crippen molar-refractivity contribution in [3.05, 3.63) is 29.1 Å². The number of unbranched alkanes of at least 4 members (excludes halogenated alkanes) is 1. The van der Waals surface area contributed by atoms with Gasteiger partial charge in [-0.25, -0.2) is 17.5 Å². The lowest BCUT2D eigenvalue weighted by atomic mass is 10.1.